The monoisotopic (exact) mass is 305 g/mol. The minimum atomic E-state index is -4.13. The van der Waals surface area contributed by atoms with E-state index >= 15 is 0 Å². The van der Waals surface area contributed by atoms with Gasteiger partial charge >= 0.3 is 11.9 Å². The van der Waals surface area contributed by atoms with E-state index in [1.54, 1.807) is 24.3 Å². The molecule has 2 N–H and O–H groups in total. The number of carboxylic acids is 1. The third-order valence-corrected chi connectivity index (χ3v) is 3.09. The molecule has 0 radical (unpaired) electrons. The second-order valence-electron chi connectivity index (χ2n) is 4.61. The first-order valence-electron chi connectivity index (χ1n) is 6.45. The lowest BCUT2D eigenvalue weighted by Gasteiger charge is -2.25. The molecule has 2 rings (SSSR count). The predicted molar refractivity (Wildman–Crippen MR) is 75.7 cm³/mol. The lowest BCUT2D eigenvalue weighted by molar-refractivity contribution is -0.169. The Morgan fingerprint density at radius 3 is 1.95 bits per heavy atom. The van der Waals surface area contributed by atoms with E-state index in [1.807, 2.05) is 0 Å². The van der Waals surface area contributed by atoms with E-state index < -0.39 is 23.8 Å². The van der Waals surface area contributed by atoms with Gasteiger partial charge in [-0.05, 0) is 17.7 Å². The molecule has 2 aromatic rings. The fraction of sp³-hybridized carbons (Fsp3) is 0.125. The number of aliphatic carboxylic acids is 1. The van der Waals surface area contributed by atoms with Crippen LogP contribution in [0.25, 0.3) is 0 Å². The van der Waals surface area contributed by atoms with Crippen molar-refractivity contribution in [3.63, 3.8) is 0 Å². The minimum Gasteiger partial charge on any atom is -0.477 e. The number of hydrogen-bond donors (Lipinski definition) is 2. The van der Waals surface area contributed by atoms with E-state index in [2.05, 4.69) is 5.32 Å². The van der Waals surface area contributed by atoms with Gasteiger partial charge in [0.1, 0.15) is 6.04 Å². The Bertz CT molecular complexity index is 660. The minimum absolute atomic E-state index is 0.0131. The van der Waals surface area contributed by atoms with Crippen LogP contribution in [0.5, 0.6) is 0 Å². The van der Waals surface area contributed by atoms with Crippen molar-refractivity contribution in [3.05, 3.63) is 71.8 Å². The van der Waals surface area contributed by atoms with Gasteiger partial charge in [0.15, 0.2) is 0 Å². The highest BCUT2D eigenvalue weighted by Crippen LogP contribution is 2.32. The van der Waals surface area contributed by atoms with Crippen molar-refractivity contribution in [3.8, 4) is 0 Å². The molecule has 0 fully saturated rings. The average molecular weight is 305 g/mol. The molecule has 1 atom stereocenters. The van der Waals surface area contributed by atoms with Gasteiger partial charge in [-0.25, -0.2) is 4.79 Å². The van der Waals surface area contributed by atoms with E-state index in [4.69, 9.17) is 5.11 Å². The smallest absolute Gasteiger partial charge is 0.377 e. The number of nitrogens with one attached hydrogen (secondary N) is 1. The number of rotatable bonds is 5. The summed E-state index contributed by atoms with van der Waals surface area (Å²) in [4.78, 5) is 22.9. The average Bonchev–Trinajstić information content (AvgIpc) is 2.53. The van der Waals surface area contributed by atoms with Crippen molar-refractivity contribution < 1.29 is 23.5 Å². The summed E-state index contributed by atoms with van der Waals surface area (Å²) in [6.07, 6.45) is 0. The Kier molecular flexibility index (Phi) is 4.50. The summed E-state index contributed by atoms with van der Waals surface area (Å²) in [7, 11) is 0. The highest BCUT2D eigenvalue weighted by Gasteiger charge is 2.49. The molecule has 0 aliphatic carbocycles. The van der Waals surface area contributed by atoms with Crippen LogP contribution in [0.15, 0.2) is 60.7 Å². The fourth-order valence-electron chi connectivity index (χ4n) is 1.96. The van der Waals surface area contributed by atoms with Crippen LogP contribution in [-0.4, -0.2) is 22.9 Å². The number of amides is 1. The number of carboxylic acid groups (broad SMARTS) is 1. The molecule has 114 valence electrons. The van der Waals surface area contributed by atoms with Crippen LogP contribution in [0.2, 0.25) is 0 Å². The third-order valence-electron chi connectivity index (χ3n) is 3.09. The molecule has 1 amide bonds. The Morgan fingerprint density at radius 2 is 1.45 bits per heavy atom. The molecular weight excluding hydrogens is 292 g/mol. The van der Waals surface area contributed by atoms with Gasteiger partial charge in [-0.15, -0.1) is 0 Å². The van der Waals surface area contributed by atoms with Crippen LogP contribution in [0.4, 0.5) is 8.78 Å². The Morgan fingerprint density at radius 1 is 0.955 bits per heavy atom. The van der Waals surface area contributed by atoms with Crippen LogP contribution in [0, 0.1) is 0 Å². The number of alkyl halides is 2. The van der Waals surface area contributed by atoms with Crippen molar-refractivity contribution >= 4 is 11.9 Å². The molecule has 1 unspecified atom stereocenters. The summed E-state index contributed by atoms with van der Waals surface area (Å²) in [5.74, 6) is -7.20. The zero-order valence-corrected chi connectivity index (χ0v) is 11.4. The van der Waals surface area contributed by atoms with Gasteiger partial charge in [0.2, 0.25) is 0 Å². The Labute approximate surface area is 125 Å². The molecule has 0 aliphatic rings. The highest BCUT2D eigenvalue weighted by atomic mass is 19.3. The second-order valence-corrected chi connectivity index (χ2v) is 4.61. The molecular formula is C16H13F2NO3. The van der Waals surface area contributed by atoms with E-state index in [9.17, 15) is 18.4 Å². The zero-order chi connectivity index (χ0) is 16.2. The van der Waals surface area contributed by atoms with Crippen molar-refractivity contribution in [2.24, 2.45) is 0 Å². The molecule has 0 spiro atoms. The predicted octanol–water partition coefficient (Wildman–Crippen LogP) is 2.88. The first-order valence-corrected chi connectivity index (χ1v) is 6.45. The van der Waals surface area contributed by atoms with Gasteiger partial charge in [-0.1, -0.05) is 48.5 Å². The number of halogens is 2. The standard InChI is InChI=1S/C16H13F2NO3/c17-16(18,15(21)22)13(11-7-3-1-4-8-11)19-14(20)12-9-5-2-6-10-12/h1-10,13H,(H,19,20)(H,21,22). The molecule has 0 saturated heterocycles. The normalized spacial score (nSPS) is 12.5. The van der Waals surface area contributed by atoms with Crippen molar-refractivity contribution in [1.29, 1.82) is 0 Å². The van der Waals surface area contributed by atoms with Crippen LogP contribution in [-0.2, 0) is 4.79 Å². The van der Waals surface area contributed by atoms with Gasteiger partial charge in [0.25, 0.3) is 5.91 Å². The number of benzene rings is 2. The molecule has 0 saturated carbocycles. The van der Waals surface area contributed by atoms with Crippen LogP contribution in [0.1, 0.15) is 22.0 Å². The molecule has 0 bridgehead atoms. The molecule has 0 aliphatic heterocycles. The van der Waals surface area contributed by atoms with Gasteiger partial charge in [0, 0.05) is 5.56 Å². The van der Waals surface area contributed by atoms with Gasteiger partial charge < -0.3 is 10.4 Å². The van der Waals surface area contributed by atoms with Crippen molar-refractivity contribution in [2.45, 2.75) is 12.0 Å². The lowest BCUT2D eigenvalue weighted by Crippen LogP contribution is -2.45. The second kappa shape index (κ2) is 6.34. The topological polar surface area (TPSA) is 66.4 Å². The molecule has 22 heavy (non-hydrogen) atoms. The largest absolute Gasteiger partial charge is 0.477 e. The number of carbonyl (C=O) groups is 2. The maximum absolute atomic E-state index is 14.0. The lowest BCUT2D eigenvalue weighted by atomic mass is 10.00. The summed E-state index contributed by atoms with van der Waals surface area (Å²) in [5, 5.41) is 10.9. The first kappa shape index (κ1) is 15.6. The van der Waals surface area contributed by atoms with E-state index in [0.717, 1.165) is 0 Å². The number of hydrogen-bond acceptors (Lipinski definition) is 2. The summed E-state index contributed by atoms with van der Waals surface area (Å²) < 4.78 is 27.9. The Balaban J connectivity index is 2.34. The van der Waals surface area contributed by atoms with E-state index in [-0.39, 0.29) is 11.1 Å². The number of carbonyl (C=O) groups excluding carboxylic acids is 1. The summed E-state index contributed by atoms with van der Waals surface area (Å²) in [6, 6.07) is 13.1. The van der Waals surface area contributed by atoms with Crippen molar-refractivity contribution in [1.82, 2.24) is 5.32 Å². The molecule has 4 nitrogen and oxygen atoms in total. The Hall–Kier alpha value is -2.76. The maximum Gasteiger partial charge on any atom is 0.377 e. The van der Waals surface area contributed by atoms with Crippen LogP contribution < -0.4 is 5.32 Å². The quantitative estimate of drug-likeness (QED) is 0.892. The van der Waals surface area contributed by atoms with Gasteiger partial charge in [0.05, 0.1) is 0 Å². The summed E-state index contributed by atoms with van der Waals surface area (Å²) >= 11 is 0. The van der Waals surface area contributed by atoms with Crippen LogP contribution in [0.3, 0.4) is 0 Å². The SMILES string of the molecule is O=C(NC(c1ccccc1)C(F)(F)C(=O)O)c1ccccc1. The van der Waals surface area contributed by atoms with Crippen molar-refractivity contribution in [2.75, 3.05) is 0 Å². The zero-order valence-electron chi connectivity index (χ0n) is 11.4. The van der Waals surface area contributed by atoms with E-state index in [1.165, 1.54) is 36.4 Å². The molecule has 6 heteroatoms. The maximum atomic E-state index is 14.0. The highest BCUT2D eigenvalue weighted by molar-refractivity contribution is 5.95. The molecule has 0 aromatic heterocycles. The first-order chi connectivity index (χ1) is 10.4. The van der Waals surface area contributed by atoms with Crippen LogP contribution >= 0.6 is 0 Å². The van der Waals surface area contributed by atoms with Gasteiger partial charge in [-0.2, -0.15) is 8.78 Å². The molecule has 0 heterocycles. The molecule has 2 aromatic carbocycles. The fourth-order valence-corrected chi connectivity index (χ4v) is 1.96. The third kappa shape index (κ3) is 3.28. The van der Waals surface area contributed by atoms with E-state index in [0.29, 0.717) is 0 Å². The summed E-state index contributed by atoms with van der Waals surface area (Å²) in [5.41, 5.74) is 0.184. The summed E-state index contributed by atoms with van der Waals surface area (Å²) in [6.45, 7) is 0. The van der Waals surface area contributed by atoms with Gasteiger partial charge in [-0.3, -0.25) is 4.79 Å².